The number of carbonyl (C=O) groups excluding carboxylic acids is 2. The third-order valence-electron chi connectivity index (χ3n) is 5.14. The van der Waals surface area contributed by atoms with Crippen molar-refractivity contribution < 1.29 is 14.3 Å². The van der Waals surface area contributed by atoms with Crippen LogP contribution < -0.4 is 5.32 Å². The number of hydrogen-bond donors (Lipinski definition) is 1. The Morgan fingerprint density at radius 3 is 2.56 bits per heavy atom. The van der Waals surface area contributed by atoms with E-state index in [0.29, 0.717) is 27.3 Å². The third-order valence-corrected chi connectivity index (χ3v) is 6.79. The van der Waals surface area contributed by atoms with Crippen molar-refractivity contribution in [1.82, 2.24) is 9.97 Å². The number of aromatic nitrogens is 2. The van der Waals surface area contributed by atoms with Gasteiger partial charge in [-0.05, 0) is 30.5 Å². The highest BCUT2D eigenvalue weighted by Gasteiger charge is 2.17. The fraction of sp³-hybridized carbons (Fsp3) is 0.0769. The number of thiazole rings is 1. The number of fused-ring (bicyclic) bond motifs is 1. The van der Waals surface area contributed by atoms with Crippen LogP contribution in [0, 0.1) is 6.92 Å². The van der Waals surface area contributed by atoms with Crippen LogP contribution in [0.2, 0.25) is 0 Å². The molecule has 8 heteroatoms. The zero-order chi connectivity index (χ0) is 23.5. The van der Waals surface area contributed by atoms with Gasteiger partial charge in [0.2, 0.25) is 0 Å². The zero-order valence-corrected chi connectivity index (χ0v) is 19.8. The van der Waals surface area contributed by atoms with Crippen LogP contribution in [0.15, 0.2) is 77.5 Å². The molecule has 0 aliphatic carbocycles. The van der Waals surface area contributed by atoms with Crippen LogP contribution in [0.25, 0.3) is 32.7 Å². The normalized spacial score (nSPS) is 10.9. The van der Waals surface area contributed by atoms with E-state index in [1.165, 1.54) is 16.9 Å². The van der Waals surface area contributed by atoms with E-state index in [2.05, 4.69) is 15.3 Å². The summed E-state index contributed by atoms with van der Waals surface area (Å²) in [5, 5.41) is 7.66. The molecule has 0 saturated carbocycles. The summed E-state index contributed by atoms with van der Waals surface area (Å²) in [6, 6.07) is 21.0. The highest BCUT2D eigenvalue weighted by molar-refractivity contribution is 7.14. The molecule has 0 aliphatic heterocycles. The summed E-state index contributed by atoms with van der Waals surface area (Å²) in [7, 11) is 0. The van der Waals surface area contributed by atoms with Gasteiger partial charge in [0.15, 0.2) is 11.7 Å². The van der Waals surface area contributed by atoms with Crippen LogP contribution in [0.5, 0.6) is 0 Å². The van der Waals surface area contributed by atoms with Crippen LogP contribution >= 0.6 is 22.7 Å². The lowest BCUT2D eigenvalue weighted by Crippen LogP contribution is -2.21. The number of hydrogen-bond acceptors (Lipinski definition) is 7. The fourth-order valence-electron chi connectivity index (χ4n) is 3.45. The first kappa shape index (κ1) is 21.9. The van der Waals surface area contributed by atoms with Crippen molar-refractivity contribution in [3.63, 3.8) is 0 Å². The highest BCUT2D eigenvalue weighted by Crippen LogP contribution is 2.28. The molecule has 34 heavy (non-hydrogen) atoms. The van der Waals surface area contributed by atoms with Crippen molar-refractivity contribution in [2.75, 3.05) is 11.9 Å². The molecule has 0 spiro atoms. The third kappa shape index (κ3) is 4.73. The Hall–Kier alpha value is -3.88. The van der Waals surface area contributed by atoms with E-state index in [0.717, 1.165) is 16.1 Å². The number of amides is 1. The lowest BCUT2D eigenvalue weighted by atomic mass is 10.1. The average Bonchev–Trinajstić information content (AvgIpc) is 3.55. The molecule has 5 aromatic rings. The van der Waals surface area contributed by atoms with E-state index in [1.807, 2.05) is 78.3 Å². The maximum absolute atomic E-state index is 12.9. The summed E-state index contributed by atoms with van der Waals surface area (Å²) in [4.78, 5) is 35.4. The SMILES string of the molecule is Cc1ccc(-c2csc(NC(=O)COC(=O)c3cc(-c4cccs4)nc4ccccc34)n2)cc1. The molecule has 0 atom stereocenters. The van der Waals surface area contributed by atoms with Crippen molar-refractivity contribution in [1.29, 1.82) is 0 Å². The standard InChI is InChI=1S/C26H19N3O3S2/c1-16-8-10-17(11-9-16)22-15-34-26(28-22)29-24(30)14-32-25(31)19-13-21(23-7-4-12-33-23)27-20-6-3-2-5-18(19)20/h2-13,15H,14H2,1H3,(H,28,29,30). The number of benzene rings is 2. The number of rotatable bonds is 6. The van der Waals surface area contributed by atoms with E-state index in [4.69, 9.17) is 4.74 Å². The number of carbonyl (C=O) groups is 2. The molecule has 0 bridgehead atoms. The second-order valence-electron chi connectivity index (χ2n) is 7.58. The van der Waals surface area contributed by atoms with Crippen LogP contribution in [0.4, 0.5) is 5.13 Å². The molecule has 168 valence electrons. The molecular formula is C26H19N3O3S2. The minimum Gasteiger partial charge on any atom is -0.452 e. The Kier molecular flexibility index (Phi) is 6.16. The van der Waals surface area contributed by atoms with Gasteiger partial charge >= 0.3 is 5.97 Å². The Morgan fingerprint density at radius 1 is 0.941 bits per heavy atom. The number of pyridine rings is 1. The van der Waals surface area contributed by atoms with E-state index < -0.39 is 18.5 Å². The van der Waals surface area contributed by atoms with Crippen LogP contribution in [-0.4, -0.2) is 28.5 Å². The molecule has 1 amide bonds. The number of anilines is 1. The largest absolute Gasteiger partial charge is 0.452 e. The smallest absolute Gasteiger partial charge is 0.339 e. The molecule has 6 nitrogen and oxygen atoms in total. The van der Waals surface area contributed by atoms with Crippen molar-refractivity contribution in [3.8, 4) is 21.8 Å². The number of ether oxygens (including phenoxy) is 1. The molecule has 2 aromatic carbocycles. The Balaban J connectivity index is 1.28. The van der Waals surface area contributed by atoms with Gasteiger partial charge in [-0.1, -0.05) is 54.1 Å². The van der Waals surface area contributed by atoms with Crippen molar-refractivity contribution in [2.45, 2.75) is 6.92 Å². The first-order valence-electron chi connectivity index (χ1n) is 10.5. The van der Waals surface area contributed by atoms with Gasteiger partial charge in [-0.25, -0.2) is 14.8 Å². The minimum absolute atomic E-state index is 0.373. The van der Waals surface area contributed by atoms with Crippen molar-refractivity contribution in [2.24, 2.45) is 0 Å². The van der Waals surface area contributed by atoms with E-state index in [1.54, 1.807) is 17.4 Å². The quantitative estimate of drug-likeness (QED) is 0.290. The summed E-state index contributed by atoms with van der Waals surface area (Å²) in [5.74, 6) is -1.03. The molecular weight excluding hydrogens is 466 g/mol. The first-order chi connectivity index (χ1) is 16.6. The Labute approximate surface area is 203 Å². The van der Waals surface area contributed by atoms with Crippen molar-refractivity contribution in [3.05, 3.63) is 88.6 Å². The van der Waals surface area contributed by atoms with Gasteiger partial charge in [0.25, 0.3) is 5.91 Å². The van der Waals surface area contributed by atoms with Gasteiger partial charge in [0.05, 0.1) is 27.3 Å². The Bertz CT molecular complexity index is 1480. The lowest BCUT2D eigenvalue weighted by molar-refractivity contribution is -0.119. The molecule has 3 aromatic heterocycles. The number of nitrogens with one attached hydrogen (secondary N) is 1. The van der Waals surface area contributed by atoms with Gasteiger partial charge in [-0.15, -0.1) is 22.7 Å². The summed E-state index contributed by atoms with van der Waals surface area (Å²) in [6.45, 7) is 1.61. The maximum Gasteiger partial charge on any atom is 0.339 e. The molecule has 0 unspecified atom stereocenters. The number of aryl methyl sites for hydroxylation is 1. The number of para-hydroxylation sites is 1. The molecule has 0 saturated heterocycles. The predicted molar refractivity (Wildman–Crippen MR) is 136 cm³/mol. The molecule has 0 aliphatic rings. The van der Waals surface area contributed by atoms with Crippen LogP contribution in [0.3, 0.4) is 0 Å². The number of thiophene rings is 1. The number of esters is 1. The molecule has 1 N–H and O–H groups in total. The van der Waals surface area contributed by atoms with Crippen molar-refractivity contribution >= 4 is 50.6 Å². The predicted octanol–water partition coefficient (Wildman–Crippen LogP) is 6.19. The highest BCUT2D eigenvalue weighted by atomic mass is 32.1. The molecule has 0 radical (unpaired) electrons. The molecule has 5 rings (SSSR count). The van der Waals surface area contributed by atoms with Gasteiger partial charge in [-0.3, -0.25) is 10.1 Å². The second kappa shape index (κ2) is 9.54. The summed E-state index contributed by atoms with van der Waals surface area (Å²) in [6.07, 6.45) is 0. The summed E-state index contributed by atoms with van der Waals surface area (Å²) in [5.41, 5.74) is 4.67. The Morgan fingerprint density at radius 2 is 1.76 bits per heavy atom. The van der Waals surface area contributed by atoms with Crippen LogP contribution in [0.1, 0.15) is 15.9 Å². The van der Waals surface area contributed by atoms with Gasteiger partial charge in [0.1, 0.15) is 0 Å². The second-order valence-corrected chi connectivity index (χ2v) is 9.38. The van der Waals surface area contributed by atoms with E-state index in [-0.39, 0.29) is 0 Å². The number of nitrogens with zero attached hydrogens (tertiary/aromatic N) is 2. The maximum atomic E-state index is 12.9. The summed E-state index contributed by atoms with van der Waals surface area (Å²) < 4.78 is 5.35. The zero-order valence-electron chi connectivity index (χ0n) is 18.1. The monoisotopic (exact) mass is 485 g/mol. The summed E-state index contributed by atoms with van der Waals surface area (Å²) >= 11 is 2.86. The molecule has 3 heterocycles. The topological polar surface area (TPSA) is 81.2 Å². The van der Waals surface area contributed by atoms with E-state index in [9.17, 15) is 9.59 Å². The van der Waals surface area contributed by atoms with Gasteiger partial charge in [-0.2, -0.15) is 0 Å². The molecule has 0 fully saturated rings. The lowest BCUT2D eigenvalue weighted by Gasteiger charge is -2.09. The van der Waals surface area contributed by atoms with E-state index >= 15 is 0 Å². The fourth-order valence-corrected chi connectivity index (χ4v) is 4.87. The minimum atomic E-state index is -0.578. The van der Waals surface area contributed by atoms with Gasteiger partial charge in [0, 0.05) is 16.3 Å². The van der Waals surface area contributed by atoms with Crippen LogP contribution in [-0.2, 0) is 9.53 Å². The first-order valence-corrected chi connectivity index (χ1v) is 12.3. The van der Waals surface area contributed by atoms with Gasteiger partial charge < -0.3 is 4.74 Å². The average molecular weight is 486 g/mol.